The fourth-order valence-electron chi connectivity index (χ4n) is 3.53. The zero-order valence-electron chi connectivity index (χ0n) is 17.8. The van der Waals surface area contributed by atoms with Gasteiger partial charge in [0, 0.05) is 23.3 Å². The zero-order valence-corrected chi connectivity index (χ0v) is 18.5. The summed E-state index contributed by atoms with van der Waals surface area (Å²) in [5.41, 5.74) is 2.83. The molecule has 3 amide bonds. The van der Waals surface area contributed by atoms with Crippen LogP contribution in [0.5, 0.6) is 0 Å². The van der Waals surface area contributed by atoms with Crippen LogP contribution in [0.2, 0.25) is 5.02 Å². The molecule has 0 atom stereocenters. The van der Waals surface area contributed by atoms with Crippen LogP contribution in [0.15, 0.2) is 72.4 Å². The molecule has 1 aliphatic rings. The smallest absolute Gasteiger partial charge is 0.282 e. The van der Waals surface area contributed by atoms with E-state index >= 15 is 0 Å². The fraction of sp³-hybridized carbons (Fsp3) is 0.0800. The van der Waals surface area contributed by atoms with Gasteiger partial charge in [-0.1, -0.05) is 29.8 Å². The average Bonchev–Trinajstić information content (AvgIpc) is 3.01. The first-order valence-corrected chi connectivity index (χ1v) is 10.4. The van der Waals surface area contributed by atoms with Gasteiger partial charge in [-0.05, 0) is 66.6 Å². The van der Waals surface area contributed by atoms with Gasteiger partial charge < -0.3 is 10.6 Å². The van der Waals surface area contributed by atoms with E-state index < -0.39 is 17.6 Å². The Labute approximate surface area is 194 Å². The summed E-state index contributed by atoms with van der Waals surface area (Å²) in [7, 11) is 0. The summed E-state index contributed by atoms with van der Waals surface area (Å²) in [6.45, 7) is 3.23. The molecular formula is C25H19ClFN3O3. The molecule has 1 heterocycles. The van der Waals surface area contributed by atoms with Crippen molar-refractivity contribution in [3.8, 4) is 0 Å². The van der Waals surface area contributed by atoms with Gasteiger partial charge in [-0.3, -0.25) is 14.4 Å². The number of aryl methyl sites for hydroxylation is 1. The number of carbonyl (C=O) groups excluding carboxylic acids is 3. The van der Waals surface area contributed by atoms with Gasteiger partial charge in [-0.25, -0.2) is 9.29 Å². The molecule has 0 spiro atoms. The number of halogens is 2. The van der Waals surface area contributed by atoms with E-state index in [4.69, 9.17) is 11.6 Å². The second kappa shape index (κ2) is 8.88. The van der Waals surface area contributed by atoms with Gasteiger partial charge in [0.25, 0.3) is 11.8 Å². The van der Waals surface area contributed by atoms with Crippen LogP contribution in [0.4, 0.5) is 21.5 Å². The third-order valence-electron chi connectivity index (χ3n) is 5.12. The van der Waals surface area contributed by atoms with Gasteiger partial charge in [0.05, 0.1) is 11.3 Å². The van der Waals surface area contributed by atoms with Crippen molar-refractivity contribution >= 4 is 52.0 Å². The lowest BCUT2D eigenvalue weighted by Gasteiger charge is -2.16. The normalized spacial score (nSPS) is 13.5. The van der Waals surface area contributed by atoms with Crippen LogP contribution in [0.1, 0.15) is 18.1 Å². The Morgan fingerprint density at radius 1 is 0.939 bits per heavy atom. The predicted octanol–water partition coefficient (Wildman–Crippen LogP) is 5.14. The highest BCUT2D eigenvalue weighted by Gasteiger charge is 2.40. The third-order valence-corrected chi connectivity index (χ3v) is 5.36. The molecule has 2 N–H and O–H groups in total. The van der Waals surface area contributed by atoms with Crippen molar-refractivity contribution in [3.63, 3.8) is 0 Å². The maximum Gasteiger partial charge on any atom is 0.282 e. The molecule has 4 rings (SSSR count). The number of rotatable bonds is 5. The Morgan fingerprint density at radius 3 is 2.24 bits per heavy atom. The number of nitrogens with zero attached hydrogens (tertiary/aromatic N) is 1. The minimum Gasteiger partial charge on any atom is -0.350 e. The summed E-state index contributed by atoms with van der Waals surface area (Å²) in [4.78, 5) is 39.2. The van der Waals surface area contributed by atoms with Gasteiger partial charge in [0.1, 0.15) is 11.5 Å². The number of imide groups is 1. The van der Waals surface area contributed by atoms with E-state index in [1.807, 2.05) is 6.92 Å². The highest BCUT2D eigenvalue weighted by molar-refractivity contribution is 6.46. The largest absolute Gasteiger partial charge is 0.350 e. The molecule has 3 aromatic carbocycles. The molecule has 1 aliphatic heterocycles. The maximum atomic E-state index is 13.5. The standard InChI is InChI=1S/C25H19ClFN3O3/c1-14-3-6-17(26)13-21(14)29-23-22(16-4-7-18(27)8-5-16)24(32)30(25(23)33)20-11-9-19(10-12-20)28-15(2)31/h3-13,29H,1-2H3,(H,28,31). The van der Waals surface area contributed by atoms with Crippen LogP contribution in [0.3, 0.4) is 0 Å². The Hall–Kier alpha value is -3.97. The second-order valence-corrected chi connectivity index (χ2v) is 7.95. The minimum absolute atomic E-state index is 0.0583. The van der Waals surface area contributed by atoms with E-state index in [0.29, 0.717) is 27.6 Å². The SMILES string of the molecule is CC(=O)Nc1ccc(N2C(=O)C(Nc3cc(Cl)ccc3C)=C(c3ccc(F)cc3)C2=O)cc1. The van der Waals surface area contributed by atoms with E-state index in [-0.39, 0.29) is 17.2 Å². The monoisotopic (exact) mass is 463 g/mol. The van der Waals surface area contributed by atoms with Crippen molar-refractivity contribution in [2.24, 2.45) is 0 Å². The maximum absolute atomic E-state index is 13.5. The van der Waals surface area contributed by atoms with Gasteiger partial charge >= 0.3 is 0 Å². The van der Waals surface area contributed by atoms with Crippen molar-refractivity contribution in [1.82, 2.24) is 0 Å². The highest BCUT2D eigenvalue weighted by Crippen LogP contribution is 2.35. The molecule has 166 valence electrons. The number of carbonyl (C=O) groups is 3. The average molecular weight is 464 g/mol. The van der Waals surface area contributed by atoms with Gasteiger partial charge in [-0.2, -0.15) is 0 Å². The molecule has 0 saturated heterocycles. The summed E-state index contributed by atoms with van der Waals surface area (Å²) in [6, 6.07) is 16.9. The Morgan fingerprint density at radius 2 is 1.61 bits per heavy atom. The summed E-state index contributed by atoms with van der Waals surface area (Å²) in [5, 5.41) is 6.17. The molecule has 0 saturated carbocycles. The number of nitrogens with one attached hydrogen (secondary N) is 2. The molecule has 0 unspecified atom stereocenters. The van der Waals surface area contributed by atoms with Gasteiger partial charge in [0.15, 0.2) is 0 Å². The summed E-state index contributed by atoms with van der Waals surface area (Å²) in [5.74, 6) is -1.81. The zero-order chi connectivity index (χ0) is 23.7. The lowest BCUT2D eigenvalue weighted by atomic mass is 10.0. The molecule has 0 aromatic heterocycles. The Kier molecular flexibility index (Phi) is 5.98. The first-order valence-electron chi connectivity index (χ1n) is 10.0. The van der Waals surface area contributed by atoms with E-state index in [1.54, 1.807) is 42.5 Å². The van der Waals surface area contributed by atoms with Crippen LogP contribution in [0, 0.1) is 12.7 Å². The first-order chi connectivity index (χ1) is 15.7. The van der Waals surface area contributed by atoms with Crippen molar-refractivity contribution < 1.29 is 18.8 Å². The minimum atomic E-state index is -0.564. The molecule has 0 aliphatic carbocycles. The topological polar surface area (TPSA) is 78.5 Å². The molecule has 8 heteroatoms. The third kappa shape index (κ3) is 4.49. The van der Waals surface area contributed by atoms with Crippen LogP contribution < -0.4 is 15.5 Å². The van der Waals surface area contributed by atoms with Crippen LogP contribution in [0.25, 0.3) is 5.57 Å². The quantitative estimate of drug-likeness (QED) is 0.513. The van der Waals surface area contributed by atoms with Crippen LogP contribution in [-0.2, 0) is 14.4 Å². The molecule has 3 aromatic rings. The second-order valence-electron chi connectivity index (χ2n) is 7.51. The number of hydrogen-bond acceptors (Lipinski definition) is 4. The first kappa shape index (κ1) is 22.2. The molecule has 33 heavy (non-hydrogen) atoms. The van der Waals surface area contributed by atoms with Crippen molar-refractivity contribution in [1.29, 1.82) is 0 Å². The summed E-state index contributed by atoms with van der Waals surface area (Å²) in [6.07, 6.45) is 0. The summed E-state index contributed by atoms with van der Waals surface area (Å²) >= 11 is 6.12. The molecule has 0 fully saturated rings. The lowest BCUT2D eigenvalue weighted by Crippen LogP contribution is -2.32. The molecule has 0 bridgehead atoms. The van der Waals surface area contributed by atoms with Gasteiger partial charge in [0.2, 0.25) is 5.91 Å². The number of benzene rings is 3. The van der Waals surface area contributed by atoms with E-state index in [1.165, 1.54) is 31.2 Å². The van der Waals surface area contributed by atoms with Crippen molar-refractivity contribution in [3.05, 3.63) is 94.4 Å². The van der Waals surface area contributed by atoms with E-state index in [2.05, 4.69) is 10.6 Å². The van der Waals surface area contributed by atoms with Crippen LogP contribution in [-0.4, -0.2) is 17.7 Å². The van der Waals surface area contributed by atoms with Crippen LogP contribution >= 0.6 is 11.6 Å². The number of anilines is 3. The van der Waals surface area contributed by atoms with E-state index in [9.17, 15) is 18.8 Å². The Balaban J connectivity index is 1.78. The Bertz CT molecular complexity index is 1300. The number of hydrogen-bond donors (Lipinski definition) is 2. The number of amides is 3. The van der Waals surface area contributed by atoms with Gasteiger partial charge in [-0.15, -0.1) is 0 Å². The summed E-state index contributed by atoms with van der Waals surface area (Å²) < 4.78 is 13.5. The molecule has 6 nitrogen and oxygen atoms in total. The molecule has 0 radical (unpaired) electrons. The van der Waals surface area contributed by atoms with Crippen molar-refractivity contribution in [2.75, 3.05) is 15.5 Å². The van der Waals surface area contributed by atoms with E-state index in [0.717, 1.165) is 10.5 Å². The fourth-order valence-corrected chi connectivity index (χ4v) is 3.70. The molecular weight excluding hydrogens is 445 g/mol. The highest BCUT2D eigenvalue weighted by atomic mass is 35.5. The predicted molar refractivity (Wildman–Crippen MR) is 126 cm³/mol. The van der Waals surface area contributed by atoms with Crippen molar-refractivity contribution in [2.45, 2.75) is 13.8 Å². The lowest BCUT2D eigenvalue weighted by molar-refractivity contribution is -0.120.